The maximum atomic E-state index is 2.53. The highest BCUT2D eigenvalue weighted by molar-refractivity contribution is 4.94. The predicted molar refractivity (Wildman–Crippen MR) is 69.2 cm³/mol. The Morgan fingerprint density at radius 1 is 0.688 bits per heavy atom. The molecule has 0 bridgehead atoms. The molecule has 92 valence electrons. The molecule has 16 heavy (non-hydrogen) atoms. The highest BCUT2D eigenvalue weighted by atomic mass is 14.5. The van der Waals surface area contributed by atoms with Gasteiger partial charge in [-0.3, -0.25) is 0 Å². The first-order valence-electron chi connectivity index (χ1n) is 7.75. The van der Waals surface area contributed by atoms with Gasteiger partial charge in [-0.25, -0.2) is 0 Å². The Balaban J connectivity index is 1.76. The summed E-state index contributed by atoms with van der Waals surface area (Å²) in [5.74, 6) is 6.56. The average Bonchev–Trinajstić information content (AvgIpc) is 2.29. The minimum absolute atomic E-state index is 1.03. The summed E-state index contributed by atoms with van der Waals surface area (Å²) in [6.45, 7) is 5.02. The monoisotopic (exact) mass is 220 g/mol. The molecule has 3 aliphatic rings. The standard InChI is InChI=1S/C16H28/c1-11-6-7-13-8-9-14-12(2)4-3-5-15(14)16(13)10-11/h11-16H,3-10H2,1-2H3. The first-order chi connectivity index (χ1) is 7.75. The van der Waals surface area contributed by atoms with E-state index in [1.807, 2.05) is 0 Å². The van der Waals surface area contributed by atoms with E-state index in [1.165, 1.54) is 19.3 Å². The Labute approximate surface area is 101 Å². The van der Waals surface area contributed by atoms with Crippen molar-refractivity contribution < 1.29 is 0 Å². The lowest BCUT2D eigenvalue weighted by molar-refractivity contribution is -0.0103. The van der Waals surface area contributed by atoms with Crippen molar-refractivity contribution in [2.45, 2.75) is 65.2 Å². The van der Waals surface area contributed by atoms with Crippen molar-refractivity contribution in [2.75, 3.05) is 0 Å². The topological polar surface area (TPSA) is 0 Å². The van der Waals surface area contributed by atoms with Crippen molar-refractivity contribution >= 4 is 0 Å². The molecule has 6 atom stereocenters. The van der Waals surface area contributed by atoms with Crippen molar-refractivity contribution in [2.24, 2.45) is 35.5 Å². The third-order valence-electron chi connectivity index (χ3n) is 6.21. The third kappa shape index (κ3) is 1.83. The van der Waals surface area contributed by atoms with E-state index >= 15 is 0 Å². The van der Waals surface area contributed by atoms with Gasteiger partial charge in [0.25, 0.3) is 0 Å². The highest BCUT2D eigenvalue weighted by Crippen LogP contribution is 2.53. The smallest absolute Gasteiger partial charge is 0.0352 e. The minimum Gasteiger partial charge on any atom is -0.0625 e. The number of hydrogen-bond acceptors (Lipinski definition) is 0. The van der Waals surface area contributed by atoms with Crippen LogP contribution in [0, 0.1) is 35.5 Å². The molecule has 6 unspecified atom stereocenters. The first-order valence-corrected chi connectivity index (χ1v) is 7.75. The maximum Gasteiger partial charge on any atom is -0.0352 e. The molecule has 0 heterocycles. The van der Waals surface area contributed by atoms with Crippen LogP contribution in [-0.2, 0) is 0 Å². The zero-order valence-corrected chi connectivity index (χ0v) is 11.1. The summed E-state index contributed by atoms with van der Waals surface area (Å²) in [7, 11) is 0. The molecule has 0 saturated heterocycles. The Morgan fingerprint density at radius 3 is 2.38 bits per heavy atom. The van der Waals surface area contributed by atoms with Crippen molar-refractivity contribution in [3.63, 3.8) is 0 Å². The van der Waals surface area contributed by atoms with Crippen LogP contribution < -0.4 is 0 Å². The number of hydrogen-bond donors (Lipinski definition) is 0. The lowest BCUT2D eigenvalue weighted by Crippen LogP contribution is -2.42. The molecule has 0 aromatic rings. The van der Waals surface area contributed by atoms with E-state index in [9.17, 15) is 0 Å². The van der Waals surface area contributed by atoms with Crippen molar-refractivity contribution in [3.05, 3.63) is 0 Å². The zero-order chi connectivity index (χ0) is 11.1. The molecule has 0 aliphatic heterocycles. The van der Waals surface area contributed by atoms with E-state index in [2.05, 4.69) is 13.8 Å². The molecule has 3 aliphatic carbocycles. The predicted octanol–water partition coefficient (Wildman–Crippen LogP) is 4.89. The summed E-state index contributed by atoms with van der Waals surface area (Å²) in [6, 6.07) is 0. The van der Waals surface area contributed by atoms with Crippen molar-refractivity contribution in [3.8, 4) is 0 Å². The molecule has 0 amide bonds. The molecule has 0 aromatic heterocycles. The Kier molecular flexibility index (Phi) is 3.02. The molecule has 0 aromatic carbocycles. The summed E-state index contributed by atoms with van der Waals surface area (Å²) < 4.78 is 0. The number of rotatable bonds is 0. The molecule has 3 rings (SSSR count). The van der Waals surface area contributed by atoms with E-state index < -0.39 is 0 Å². The molecular weight excluding hydrogens is 192 g/mol. The van der Waals surface area contributed by atoms with Crippen LogP contribution >= 0.6 is 0 Å². The normalized spacial score (nSPS) is 52.9. The number of fused-ring (bicyclic) bond motifs is 3. The first kappa shape index (κ1) is 11.1. The highest BCUT2D eigenvalue weighted by Gasteiger charge is 2.44. The van der Waals surface area contributed by atoms with Gasteiger partial charge in [0.15, 0.2) is 0 Å². The van der Waals surface area contributed by atoms with E-state index in [0.717, 1.165) is 35.5 Å². The van der Waals surface area contributed by atoms with E-state index in [4.69, 9.17) is 0 Å². The van der Waals surface area contributed by atoms with Crippen molar-refractivity contribution in [1.29, 1.82) is 0 Å². The quantitative estimate of drug-likeness (QED) is 0.545. The SMILES string of the molecule is CC1CCC2CCC3C(C)CCCC3C2C1. The van der Waals surface area contributed by atoms with Gasteiger partial charge < -0.3 is 0 Å². The molecule has 3 fully saturated rings. The fourth-order valence-corrected chi connectivity index (χ4v) is 5.33. The maximum absolute atomic E-state index is 2.53. The van der Waals surface area contributed by atoms with Crippen LogP contribution in [0.25, 0.3) is 0 Å². The lowest BCUT2D eigenvalue weighted by Gasteiger charge is -2.51. The van der Waals surface area contributed by atoms with Crippen molar-refractivity contribution in [1.82, 2.24) is 0 Å². The summed E-state index contributed by atoms with van der Waals surface area (Å²) in [5.41, 5.74) is 0. The lowest BCUT2D eigenvalue weighted by atomic mass is 9.54. The minimum atomic E-state index is 1.03. The second kappa shape index (κ2) is 4.35. The largest absolute Gasteiger partial charge is 0.0625 e. The summed E-state index contributed by atoms with van der Waals surface area (Å²) in [4.78, 5) is 0. The van der Waals surface area contributed by atoms with Gasteiger partial charge in [0.1, 0.15) is 0 Å². The summed E-state index contributed by atoms with van der Waals surface area (Å²) in [6.07, 6.45) is 12.4. The van der Waals surface area contributed by atoms with Gasteiger partial charge in [0.2, 0.25) is 0 Å². The Hall–Kier alpha value is 0. The van der Waals surface area contributed by atoms with Crippen LogP contribution in [0.1, 0.15) is 65.2 Å². The van der Waals surface area contributed by atoms with E-state index in [-0.39, 0.29) is 0 Å². The van der Waals surface area contributed by atoms with Gasteiger partial charge in [0.05, 0.1) is 0 Å². The summed E-state index contributed by atoms with van der Waals surface area (Å²) in [5, 5.41) is 0. The molecule has 0 spiro atoms. The second-order valence-corrected chi connectivity index (χ2v) is 7.16. The third-order valence-corrected chi connectivity index (χ3v) is 6.21. The molecule has 3 saturated carbocycles. The van der Waals surface area contributed by atoms with E-state index in [1.54, 1.807) is 32.1 Å². The van der Waals surface area contributed by atoms with Gasteiger partial charge in [-0.05, 0) is 67.6 Å². The van der Waals surface area contributed by atoms with Gasteiger partial charge in [0, 0.05) is 0 Å². The van der Waals surface area contributed by atoms with Crippen LogP contribution in [0.2, 0.25) is 0 Å². The van der Waals surface area contributed by atoms with Crippen LogP contribution in [0.15, 0.2) is 0 Å². The molecule has 0 heteroatoms. The molecule has 0 radical (unpaired) electrons. The van der Waals surface area contributed by atoms with Gasteiger partial charge in [-0.2, -0.15) is 0 Å². The zero-order valence-electron chi connectivity index (χ0n) is 11.1. The van der Waals surface area contributed by atoms with Crippen LogP contribution in [0.3, 0.4) is 0 Å². The fourth-order valence-electron chi connectivity index (χ4n) is 5.33. The molecule has 0 N–H and O–H groups in total. The second-order valence-electron chi connectivity index (χ2n) is 7.16. The Morgan fingerprint density at radius 2 is 1.50 bits per heavy atom. The van der Waals surface area contributed by atoms with Crippen LogP contribution in [0.5, 0.6) is 0 Å². The average molecular weight is 220 g/mol. The summed E-state index contributed by atoms with van der Waals surface area (Å²) >= 11 is 0. The Bertz CT molecular complexity index is 244. The van der Waals surface area contributed by atoms with Gasteiger partial charge in [-0.1, -0.05) is 33.1 Å². The molecule has 0 nitrogen and oxygen atoms in total. The van der Waals surface area contributed by atoms with Gasteiger partial charge in [-0.15, -0.1) is 0 Å². The van der Waals surface area contributed by atoms with Gasteiger partial charge >= 0.3 is 0 Å². The van der Waals surface area contributed by atoms with Crippen LogP contribution in [-0.4, -0.2) is 0 Å². The molecular formula is C16H28. The fraction of sp³-hybridized carbons (Fsp3) is 1.00. The van der Waals surface area contributed by atoms with E-state index in [0.29, 0.717) is 0 Å². The van der Waals surface area contributed by atoms with Crippen LogP contribution in [0.4, 0.5) is 0 Å².